The van der Waals surface area contributed by atoms with Gasteiger partial charge in [-0.3, -0.25) is 0 Å². The van der Waals surface area contributed by atoms with Gasteiger partial charge in [0.25, 0.3) is 0 Å². The molecule has 0 amide bonds. The van der Waals surface area contributed by atoms with Crippen molar-refractivity contribution in [2.45, 2.75) is 38.0 Å². The second-order valence-corrected chi connectivity index (χ2v) is 5.71. The van der Waals surface area contributed by atoms with E-state index in [-0.39, 0.29) is 0 Å². The summed E-state index contributed by atoms with van der Waals surface area (Å²) in [6.45, 7) is 0. The maximum absolute atomic E-state index is 13.3. The molecular formula is C18H17F3. The first kappa shape index (κ1) is 14.2. The Morgan fingerprint density at radius 2 is 1.29 bits per heavy atom. The Hall–Kier alpha value is -1.77. The lowest BCUT2D eigenvalue weighted by Crippen LogP contribution is -2.04. The van der Waals surface area contributed by atoms with E-state index in [2.05, 4.69) is 0 Å². The summed E-state index contributed by atoms with van der Waals surface area (Å²) >= 11 is 0. The summed E-state index contributed by atoms with van der Waals surface area (Å²) in [5.41, 5.74) is 2.34. The van der Waals surface area contributed by atoms with Crippen LogP contribution < -0.4 is 0 Å². The number of halogens is 3. The molecule has 0 radical (unpaired) electrons. The van der Waals surface area contributed by atoms with E-state index in [0.29, 0.717) is 17.0 Å². The van der Waals surface area contributed by atoms with Gasteiger partial charge >= 0.3 is 0 Å². The van der Waals surface area contributed by atoms with Gasteiger partial charge in [-0.2, -0.15) is 0 Å². The van der Waals surface area contributed by atoms with Crippen LogP contribution in [0.25, 0.3) is 11.1 Å². The highest BCUT2D eigenvalue weighted by Gasteiger charge is 2.16. The van der Waals surface area contributed by atoms with Gasteiger partial charge in [0.05, 0.1) is 0 Å². The van der Waals surface area contributed by atoms with Gasteiger partial charge in [0.15, 0.2) is 17.5 Å². The summed E-state index contributed by atoms with van der Waals surface area (Å²) in [4.78, 5) is 0. The molecule has 0 bridgehead atoms. The molecule has 0 aromatic heterocycles. The highest BCUT2D eigenvalue weighted by Crippen LogP contribution is 2.33. The fourth-order valence-electron chi connectivity index (χ4n) is 3.11. The minimum atomic E-state index is -1.42. The zero-order chi connectivity index (χ0) is 14.8. The van der Waals surface area contributed by atoms with E-state index in [0.717, 1.165) is 12.1 Å². The van der Waals surface area contributed by atoms with Crippen LogP contribution >= 0.6 is 0 Å². The van der Waals surface area contributed by atoms with Crippen LogP contribution in [0.2, 0.25) is 0 Å². The average Bonchev–Trinajstić information content (AvgIpc) is 2.53. The van der Waals surface area contributed by atoms with Gasteiger partial charge in [-0.05, 0) is 47.6 Å². The van der Waals surface area contributed by atoms with Crippen molar-refractivity contribution in [3.8, 4) is 11.1 Å². The lowest BCUT2D eigenvalue weighted by atomic mass is 9.84. The Bertz CT molecular complexity index is 602. The van der Waals surface area contributed by atoms with Crippen LogP contribution in [-0.2, 0) is 0 Å². The molecule has 0 unspecified atom stereocenters. The molecule has 0 N–H and O–H groups in total. The van der Waals surface area contributed by atoms with Gasteiger partial charge in [0.1, 0.15) is 0 Å². The highest BCUT2D eigenvalue weighted by molar-refractivity contribution is 5.64. The molecule has 0 aliphatic heterocycles. The zero-order valence-corrected chi connectivity index (χ0v) is 11.7. The molecule has 21 heavy (non-hydrogen) atoms. The predicted molar refractivity (Wildman–Crippen MR) is 77.6 cm³/mol. The van der Waals surface area contributed by atoms with Crippen molar-refractivity contribution in [3.63, 3.8) is 0 Å². The number of benzene rings is 2. The first-order valence-corrected chi connectivity index (χ1v) is 7.40. The standard InChI is InChI=1S/C18H17F3/c19-16-10-15(11-17(20)18(16)21)14-8-6-13(7-9-14)12-4-2-1-3-5-12/h6-12H,1-5H2. The van der Waals surface area contributed by atoms with E-state index in [9.17, 15) is 13.2 Å². The van der Waals surface area contributed by atoms with E-state index in [4.69, 9.17) is 0 Å². The van der Waals surface area contributed by atoms with E-state index in [1.165, 1.54) is 37.7 Å². The SMILES string of the molecule is Fc1cc(-c2ccc(C3CCCCC3)cc2)cc(F)c1F. The van der Waals surface area contributed by atoms with Gasteiger partial charge in [0, 0.05) is 0 Å². The molecule has 0 saturated heterocycles. The van der Waals surface area contributed by atoms with Gasteiger partial charge in [-0.1, -0.05) is 43.5 Å². The van der Waals surface area contributed by atoms with Crippen molar-refractivity contribution >= 4 is 0 Å². The van der Waals surface area contributed by atoms with Gasteiger partial charge < -0.3 is 0 Å². The van der Waals surface area contributed by atoms with Crippen molar-refractivity contribution in [1.82, 2.24) is 0 Å². The zero-order valence-electron chi connectivity index (χ0n) is 11.7. The average molecular weight is 290 g/mol. The number of hydrogen-bond donors (Lipinski definition) is 0. The second kappa shape index (κ2) is 5.92. The van der Waals surface area contributed by atoms with Crippen LogP contribution in [0.4, 0.5) is 13.2 Å². The van der Waals surface area contributed by atoms with Crippen LogP contribution in [0.15, 0.2) is 36.4 Å². The summed E-state index contributed by atoms with van der Waals surface area (Å²) in [5.74, 6) is -3.13. The third-order valence-electron chi connectivity index (χ3n) is 4.30. The van der Waals surface area contributed by atoms with Crippen LogP contribution in [0.5, 0.6) is 0 Å². The topological polar surface area (TPSA) is 0 Å². The molecule has 0 atom stereocenters. The van der Waals surface area contributed by atoms with Gasteiger partial charge in [0.2, 0.25) is 0 Å². The minimum Gasteiger partial charge on any atom is -0.204 e. The Balaban J connectivity index is 1.87. The van der Waals surface area contributed by atoms with E-state index >= 15 is 0 Å². The molecule has 2 aromatic rings. The maximum Gasteiger partial charge on any atom is 0.194 e. The van der Waals surface area contributed by atoms with Crippen LogP contribution in [0.1, 0.15) is 43.6 Å². The van der Waals surface area contributed by atoms with E-state index in [1.54, 1.807) is 0 Å². The van der Waals surface area contributed by atoms with Crippen molar-refractivity contribution in [1.29, 1.82) is 0 Å². The summed E-state index contributed by atoms with van der Waals surface area (Å²) < 4.78 is 39.5. The summed E-state index contributed by atoms with van der Waals surface area (Å²) in [6.07, 6.45) is 6.25. The molecule has 1 fully saturated rings. The molecule has 1 aliphatic carbocycles. The number of hydrogen-bond acceptors (Lipinski definition) is 0. The molecule has 3 rings (SSSR count). The molecule has 2 aromatic carbocycles. The van der Waals surface area contributed by atoms with Gasteiger partial charge in [-0.15, -0.1) is 0 Å². The lowest BCUT2D eigenvalue weighted by Gasteiger charge is -2.22. The quantitative estimate of drug-likeness (QED) is 0.611. The van der Waals surface area contributed by atoms with Crippen molar-refractivity contribution in [2.75, 3.05) is 0 Å². The Labute approximate surface area is 122 Å². The Kier molecular flexibility index (Phi) is 4.00. The molecular weight excluding hydrogens is 273 g/mol. The second-order valence-electron chi connectivity index (χ2n) is 5.71. The molecule has 0 nitrogen and oxygen atoms in total. The summed E-state index contributed by atoms with van der Waals surface area (Å²) in [5, 5.41) is 0. The van der Waals surface area contributed by atoms with Gasteiger partial charge in [-0.25, -0.2) is 13.2 Å². The van der Waals surface area contributed by atoms with E-state index < -0.39 is 17.5 Å². The minimum absolute atomic E-state index is 0.363. The fourth-order valence-corrected chi connectivity index (χ4v) is 3.11. The van der Waals surface area contributed by atoms with Crippen molar-refractivity contribution < 1.29 is 13.2 Å². The molecule has 110 valence electrons. The molecule has 0 spiro atoms. The normalized spacial score (nSPS) is 16.1. The molecule has 1 saturated carbocycles. The lowest BCUT2D eigenvalue weighted by molar-refractivity contribution is 0.443. The summed E-state index contributed by atoms with van der Waals surface area (Å²) in [6, 6.07) is 9.82. The largest absolute Gasteiger partial charge is 0.204 e. The first-order valence-electron chi connectivity index (χ1n) is 7.40. The highest BCUT2D eigenvalue weighted by atomic mass is 19.2. The number of rotatable bonds is 2. The predicted octanol–water partition coefficient (Wildman–Crippen LogP) is 5.82. The van der Waals surface area contributed by atoms with Crippen LogP contribution in [-0.4, -0.2) is 0 Å². The molecule has 0 heterocycles. The maximum atomic E-state index is 13.3. The Morgan fingerprint density at radius 1 is 0.714 bits per heavy atom. The molecule has 3 heteroatoms. The van der Waals surface area contributed by atoms with E-state index in [1.807, 2.05) is 24.3 Å². The Morgan fingerprint density at radius 3 is 1.86 bits per heavy atom. The van der Waals surface area contributed by atoms with Crippen LogP contribution in [0.3, 0.4) is 0 Å². The fraction of sp³-hybridized carbons (Fsp3) is 0.333. The first-order chi connectivity index (χ1) is 10.1. The third-order valence-corrected chi connectivity index (χ3v) is 4.30. The monoisotopic (exact) mass is 290 g/mol. The van der Waals surface area contributed by atoms with Crippen molar-refractivity contribution in [2.24, 2.45) is 0 Å². The molecule has 1 aliphatic rings. The third kappa shape index (κ3) is 2.97. The van der Waals surface area contributed by atoms with Crippen molar-refractivity contribution in [3.05, 3.63) is 59.4 Å². The smallest absolute Gasteiger partial charge is 0.194 e. The summed E-state index contributed by atoms with van der Waals surface area (Å²) in [7, 11) is 0. The van der Waals surface area contributed by atoms with Crippen LogP contribution in [0, 0.1) is 17.5 Å².